The quantitative estimate of drug-likeness (QED) is 0.580. The maximum absolute atomic E-state index is 13.9. The summed E-state index contributed by atoms with van der Waals surface area (Å²) in [7, 11) is 1.67. The number of ether oxygens (including phenoxy) is 1. The number of amides is 2. The number of unbranched alkanes of at least 4 members (excludes halogenated alkanes) is 1. The molecule has 2 amide bonds. The Bertz CT molecular complexity index is 1010. The molecule has 2 heterocycles. The van der Waals surface area contributed by atoms with Crippen LogP contribution >= 0.6 is 0 Å². The van der Waals surface area contributed by atoms with Crippen LogP contribution in [-0.2, 0) is 11.3 Å². The summed E-state index contributed by atoms with van der Waals surface area (Å²) >= 11 is 0. The second kappa shape index (κ2) is 11.1. The molecule has 1 aliphatic heterocycles. The van der Waals surface area contributed by atoms with Crippen molar-refractivity contribution < 1.29 is 19.4 Å². The maximum Gasteiger partial charge on any atom is 0.407 e. The molecule has 1 fully saturated rings. The lowest BCUT2D eigenvalue weighted by Crippen LogP contribution is -2.55. The average Bonchev–Trinajstić information content (AvgIpc) is 3.18. The van der Waals surface area contributed by atoms with Gasteiger partial charge in [-0.15, -0.1) is 0 Å². The van der Waals surface area contributed by atoms with Gasteiger partial charge in [0.15, 0.2) is 5.82 Å². The number of para-hydroxylation sites is 2. The first-order valence-corrected chi connectivity index (χ1v) is 11.5. The molecule has 0 spiro atoms. The van der Waals surface area contributed by atoms with Crippen molar-refractivity contribution >= 4 is 23.0 Å². The minimum Gasteiger partial charge on any atom is -0.465 e. The first kappa shape index (κ1) is 24.5. The largest absolute Gasteiger partial charge is 0.465 e. The highest BCUT2D eigenvalue weighted by Gasteiger charge is 2.37. The number of carboxylic acid groups (broad SMARTS) is 1. The number of carbonyl (C=O) groups excluding carboxylic acids is 1. The SMILES string of the molecule is COCCCCn1c(C(=O)N(CC(C)C)[C@H]2C[C@@H](C#N)CN(C(=O)O)C2)nc2ccccc21. The summed E-state index contributed by atoms with van der Waals surface area (Å²) < 4.78 is 7.12. The molecule has 1 aliphatic rings. The van der Waals surface area contributed by atoms with Gasteiger partial charge in [-0.1, -0.05) is 26.0 Å². The highest BCUT2D eigenvalue weighted by Crippen LogP contribution is 2.25. The predicted molar refractivity (Wildman–Crippen MR) is 124 cm³/mol. The molecule has 0 radical (unpaired) electrons. The van der Waals surface area contributed by atoms with Gasteiger partial charge in [-0.05, 0) is 37.3 Å². The second-order valence-electron chi connectivity index (χ2n) is 9.03. The third-order valence-electron chi connectivity index (χ3n) is 5.97. The molecule has 0 bridgehead atoms. The number of piperidine rings is 1. The molecule has 1 aromatic heterocycles. The minimum atomic E-state index is -1.07. The van der Waals surface area contributed by atoms with Crippen LogP contribution in [0, 0.1) is 23.2 Å². The third-order valence-corrected chi connectivity index (χ3v) is 5.97. The van der Waals surface area contributed by atoms with Gasteiger partial charge in [0, 0.05) is 39.9 Å². The van der Waals surface area contributed by atoms with Crippen molar-refractivity contribution in [1.82, 2.24) is 19.4 Å². The van der Waals surface area contributed by atoms with E-state index in [2.05, 4.69) is 11.1 Å². The molecule has 9 heteroatoms. The highest BCUT2D eigenvalue weighted by atomic mass is 16.5. The molecule has 1 saturated heterocycles. The number of rotatable bonds is 9. The van der Waals surface area contributed by atoms with E-state index in [1.54, 1.807) is 12.0 Å². The van der Waals surface area contributed by atoms with Crippen LogP contribution in [0.4, 0.5) is 4.79 Å². The maximum atomic E-state index is 13.9. The topological polar surface area (TPSA) is 112 Å². The van der Waals surface area contributed by atoms with Gasteiger partial charge in [-0.2, -0.15) is 5.26 Å². The number of nitrogens with zero attached hydrogens (tertiary/aromatic N) is 5. The lowest BCUT2D eigenvalue weighted by Gasteiger charge is -2.40. The molecule has 2 atom stereocenters. The van der Waals surface area contributed by atoms with Gasteiger partial charge in [-0.3, -0.25) is 4.79 Å². The van der Waals surface area contributed by atoms with Crippen LogP contribution in [0.25, 0.3) is 11.0 Å². The van der Waals surface area contributed by atoms with Gasteiger partial charge < -0.3 is 24.2 Å². The summed E-state index contributed by atoms with van der Waals surface area (Å²) in [6.45, 7) is 6.15. The van der Waals surface area contributed by atoms with E-state index in [-0.39, 0.29) is 31.0 Å². The Balaban J connectivity index is 1.96. The van der Waals surface area contributed by atoms with E-state index < -0.39 is 12.0 Å². The van der Waals surface area contributed by atoms with Crippen LogP contribution in [0.3, 0.4) is 0 Å². The first-order valence-electron chi connectivity index (χ1n) is 11.5. The van der Waals surface area contributed by atoms with E-state index in [1.165, 1.54) is 4.90 Å². The average molecular weight is 456 g/mol. The Kier molecular flexibility index (Phi) is 8.28. The molecule has 178 valence electrons. The smallest absolute Gasteiger partial charge is 0.407 e. The van der Waals surface area contributed by atoms with Crippen LogP contribution in [0.15, 0.2) is 24.3 Å². The Morgan fingerprint density at radius 1 is 1.30 bits per heavy atom. The number of aromatic nitrogens is 2. The van der Waals surface area contributed by atoms with E-state index in [4.69, 9.17) is 4.74 Å². The number of carbonyl (C=O) groups is 2. The monoisotopic (exact) mass is 455 g/mol. The van der Waals surface area contributed by atoms with Crippen LogP contribution in [-0.4, -0.2) is 75.9 Å². The van der Waals surface area contributed by atoms with Gasteiger partial charge in [-0.25, -0.2) is 9.78 Å². The van der Waals surface area contributed by atoms with E-state index in [0.717, 1.165) is 23.9 Å². The molecule has 9 nitrogen and oxygen atoms in total. The van der Waals surface area contributed by atoms with Gasteiger partial charge in [0.05, 0.1) is 29.1 Å². The number of imidazole rings is 1. The summed E-state index contributed by atoms with van der Waals surface area (Å²) in [5, 5.41) is 19.1. The highest BCUT2D eigenvalue weighted by molar-refractivity contribution is 5.95. The van der Waals surface area contributed by atoms with Crippen LogP contribution in [0.2, 0.25) is 0 Å². The van der Waals surface area contributed by atoms with Crippen molar-refractivity contribution in [1.29, 1.82) is 5.26 Å². The zero-order chi connectivity index (χ0) is 24.0. The zero-order valence-corrected chi connectivity index (χ0v) is 19.6. The van der Waals surface area contributed by atoms with E-state index in [1.807, 2.05) is 42.7 Å². The number of fused-ring (bicyclic) bond motifs is 1. The van der Waals surface area contributed by atoms with Crippen LogP contribution in [0.1, 0.15) is 43.7 Å². The summed E-state index contributed by atoms with van der Waals surface area (Å²) in [5.41, 5.74) is 1.65. The molecule has 1 aromatic carbocycles. The predicted octanol–water partition coefficient (Wildman–Crippen LogP) is 3.45. The Hall–Kier alpha value is -3.12. The van der Waals surface area contributed by atoms with E-state index in [9.17, 15) is 20.0 Å². The Labute approximate surface area is 194 Å². The lowest BCUT2D eigenvalue weighted by atomic mass is 9.94. The van der Waals surface area contributed by atoms with Crippen LogP contribution < -0.4 is 0 Å². The third kappa shape index (κ3) is 5.82. The Morgan fingerprint density at radius 2 is 2.06 bits per heavy atom. The molecule has 1 N–H and O–H groups in total. The molecule has 0 saturated carbocycles. The fourth-order valence-electron chi connectivity index (χ4n) is 4.45. The molecule has 0 aliphatic carbocycles. The first-order chi connectivity index (χ1) is 15.8. The van der Waals surface area contributed by atoms with Crippen molar-refractivity contribution in [2.45, 2.75) is 45.7 Å². The van der Waals surface area contributed by atoms with Crippen molar-refractivity contribution in [2.24, 2.45) is 11.8 Å². The number of likely N-dealkylation sites (tertiary alicyclic amines) is 1. The summed E-state index contributed by atoms with van der Waals surface area (Å²) in [5.74, 6) is -0.139. The number of hydrogen-bond acceptors (Lipinski definition) is 5. The normalized spacial score (nSPS) is 18.5. The minimum absolute atomic E-state index is 0.171. The molecular formula is C24H33N5O4. The molecular weight excluding hydrogens is 422 g/mol. The van der Waals surface area contributed by atoms with E-state index in [0.29, 0.717) is 31.9 Å². The number of methoxy groups -OCH3 is 1. The van der Waals surface area contributed by atoms with Gasteiger partial charge >= 0.3 is 6.09 Å². The molecule has 0 unspecified atom stereocenters. The van der Waals surface area contributed by atoms with Crippen LogP contribution in [0.5, 0.6) is 0 Å². The number of hydrogen-bond donors (Lipinski definition) is 1. The number of benzene rings is 1. The molecule has 2 aromatic rings. The summed E-state index contributed by atoms with van der Waals surface area (Å²) in [6.07, 6.45) is 1.09. The summed E-state index contributed by atoms with van der Waals surface area (Å²) in [4.78, 5) is 33.2. The van der Waals surface area contributed by atoms with Gasteiger partial charge in [0.1, 0.15) is 0 Å². The molecule has 33 heavy (non-hydrogen) atoms. The molecule has 3 rings (SSSR count). The van der Waals surface area contributed by atoms with Crippen molar-refractivity contribution in [2.75, 3.05) is 33.4 Å². The standard InChI is InChI=1S/C24H33N5O4/c1-17(2)14-29(19-12-18(13-25)15-27(16-19)24(31)32)23(30)22-26-20-8-4-5-9-21(20)28(22)10-6-7-11-33-3/h4-5,8-9,17-19H,6-7,10-12,14-16H2,1-3H3,(H,31,32)/t18-,19-/m0/s1. The van der Waals surface area contributed by atoms with Gasteiger partial charge in [0.25, 0.3) is 5.91 Å². The number of aryl methyl sites for hydroxylation is 1. The second-order valence-corrected chi connectivity index (χ2v) is 9.03. The van der Waals surface area contributed by atoms with Crippen molar-refractivity contribution in [3.05, 3.63) is 30.1 Å². The Morgan fingerprint density at radius 3 is 2.73 bits per heavy atom. The zero-order valence-electron chi connectivity index (χ0n) is 19.6. The van der Waals surface area contributed by atoms with E-state index >= 15 is 0 Å². The van der Waals surface area contributed by atoms with Gasteiger partial charge in [0.2, 0.25) is 0 Å². The lowest BCUT2D eigenvalue weighted by molar-refractivity contribution is 0.0442. The van der Waals surface area contributed by atoms with Crippen molar-refractivity contribution in [3.63, 3.8) is 0 Å². The summed E-state index contributed by atoms with van der Waals surface area (Å²) in [6, 6.07) is 9.50. The fraction of sp³-hybridized carbons (Fsp3) is 0.583. The van der Waals surface area contributed by atoms with Crippen molar-refractivity contribution in [3.8, 4) is 6.07 Å². The fourth-order valence-corrected chi connectivity index (χ4v) is 4.45. The number of nitriles is 1.